The number of aromatic nitrogens is 2. The molecule has 2 heterocycles. The number of carbonyl (C=O) groups excluding carboxylic acids is 1. The van der Waals surface area contributed by atoms with E-state index in [0.29, 0.717) is 17.3 Å². The maximum atomic E-state index is 12.6. The van der Waals surface area contributed by atoms with Gasteiger partial charge in [-0.05, 0) is 57.2 Å². The van der Waals surface area contributed by atoms with E-state index in [1.54, 1.807) is 4.40 Å². The van der Waals surface area contributed by atoms with Gasteiger partial charge in [0.05, 0.1) is 11.4 Å². The minimum atomic E-state index is -0.246. The number of nitrogens with zero attached hydrogens (tertiary/aromatic N) is 3. The molecule has 24 heavy (non-hydrogen) atoms. The molecule has 0 radical (unpaired) electrons. The number of hydrazone groups is 1. The second kappa shape index (κ2) is 6.43. The van der Waals surface area contributed by atoms with E-state index in [1.807, 2.05) is 45.2 Å². The molecule has 0 bridgehead atoms. The van der Waals surface area contributed by atoms with Crippen LogP contribution in [0, 0.1) is 12.8 Å². The lowest BCUT2D eigenvalue weighted by molar-refractivity contribution is 0.0948. The number of pyridine rings is 1. The van der Waals surface area contributed by atoms with E-state index >= 15 is 0 Å². The average Bonchev–Trinajstić information content (AvgIpc) is 2.89. The van der Waals surface area contributed by atoms with E-state index in [9.17, 15) is 4.79 Å². The number of hydrogen-bond acceptors (Lipinski definition) is 3. The molecule has 0 aliphatic heterocycles. The molecule has 0 fully saturated rings. The third-order valence-electron chi connectivity index (χ3n) is 4.51. The third-order valence-corrected chi connectivity index (χ3v) is 4.51. The molecular weight excluding hydrogens is 300 g/mol. The summed E-state index contributed by atoms with van der Waals surface area (Å²) in [5.41, 5.74) is 7.83. The Morgan fingerprint density at radius 3 is 2.96 bits per heavy atom. The molecule has 0 unspecified atom stereocenters. The summed E-state index contributed by atoms with van der Waals surface area (Å²) in [5.74, 6) is 0.144. The average molecular weight is 322 g/mol. The highest BCUT2D eigenvalue weighted by Crippen LogP contribution is 2.26. The SMILES string of the molecule is C=C(C)[C@@H]1CC=C(C)/C(=N\NC(=O)c2c(C)nc3ccccn23)C1. The minimum Gasteiger partial charge on any atom is -0.295 e. The van der Waals surface area contributed by atoms with Gasteiger partial charge in [-0.2, -0.15) is 5.10 Å². The molecule has 2 aromatic rings. The Morgan fingerprint density at radius 1 is 1.42 bits per heavy atom. The summed E-state index contributed by atoms with van der Waals surface area (Å²) < 4.78 is 1.78. The van der Waals surface area contributed by atoms with E-state index in [0.717, 1.165) is 35.3 Å². The highest BCUT2D eigenvalue weighted by molar-refractivity contribution is 6.02. The topological polar surface area (TPSA) is 58.8 Å². The zero-order valence-corrected chi connectivity index (χ0v) is 14.3. The maximum Gasteiger partial charge on any atom is 0.290 e. The van der Waals surface area contributed by atoms with E-state index in [2.05, 4.69) is 28.2 Å². The molecule has 1 amide bonds. The van der Waals surface area contributed by atoms with Gasteiger partial charge in [0.1, 0.15) is 11.3 Å². The van der Waals surface area contributed by atoms with E-state index in [4.69, 9.17) is 0 Å². The lowest BCUT2D eigenvalue weighted by Crippen LogP contribution is -2.24. The molecule has 124 valence electrons. The van der Waals surface area contributed by atoms with Crippen molar-refractivity contribution in [2.24, 2.45) is 11.0 Å². The van der Waals surface area contributed by atoms with Crippen LogP contribution in [-0.2, 0) is 0 Å². The Bertz CT molecular complexity index is 873. The monoisotopic (exact) mass is 322 g/mol. The molecule has 1 aliphatic rings. The summed E-state index contributed by atoms with van der Waals surface area (Å²) in [4.78, 5) is 17.0. The van der Waals surface area contributed by atoms with Gasteiger partial charge in [0, 0.05) is 6.20 Å². The normalized spacial score (nSPS) is 19.4. The van der Waals surface area contributed by atoms with Crippen molar-refractivity contribution in [3.8, 4) is 0 Å². The number of aryl methyl sites for hydroxylation is 1. The van der Waals surface area contributed by atoms with Crippen LogP contribution < -0.4 is 5.43 Å². The van der Waals surface area contributed by atoms with Crippen LogP contribution in [0.15, 0.2) is 53.3 Å². The fourth-order valence-electron chi connectivity index (χ4n) is 2.98. The van der Waals surface area contributed by atoms with E-state index in [1.165, 1.54) is 0 Å². The molecule has 1 N–H and O–H groups in total. The van der Waals surface area contributed by atoms with Crippen molar-refractivity contribution in [3.63, 3.8) is 0 Å². The summed E-state index contributed by atoms with van der Waals surface area (Å²) in [6.45, 7) is 9.93. The van der Waals surface area contributed by atoms with Gasteiger partial charge in [0.2, 0.25) is 0 Å². The van der Waals surface area contributed by atoms with Crippen molar-refractivity contribution in [2.45, 2.75) is 33.6 Å². The van der Waals surface area contributed by atoms with Gasteiger partial charge in [-0.3, -0.25) is 9.20 Å². The van der Waals surface area contributed by atoms with Crippen LogP contribution in [0.4, 0.5) is 0 Å². The standard InChI is InChI=1S/C19H22N4O/c1-12(2)15-9-8-13(3)16(11-15)21-22-19(24)18-14(4)20-17-7-5-6-10-23(17)18/h5-8,10,15H,1,9,11H2,2-4H3,(H,22,24)/b21-16-/t15-/m1/s1. The first-order valence-electron chi connectivity index (χ1n) is 8.10. The second-order valence-electron chi connectivity index (χ2n) is 6.34. The first-order chi connectivity index (χ1) is 11.5. The smallest absolute Gasteiger partial charge is 0.290 e. The summed E-state index contributed by atoms with van der Waals surface area (Å²) in [6, 6.07) is 5.65. The van der Waals surface area contributed by atoms with Gasteiger partial charge in [0.15, 0.2) is 0 Å². The number of carbonyl (C=O) groups is 1. The van der Waals surface area contributed by atoms with Gasteiger partial charge in [-0.25, -0.2) is 10.4 Å². The predicted molar refractivity (Wildman–Crippen MR) is 96.1 cm³/mol. The molecule has 1 atom stereocenters. The number of hydrogen-bond donors (Lipinski definition) is 1. The van der Waals surface area contributed by atoms with Crippen molar-refractivity contribution in [1.29, 1.82) is 0 Å². The van der Waals surface area contributed by atoms with Crippen LogP contribution >= 0.6 is 0 Å². The lowest BCUT2D eigenvalue weighted by Gasteiger charge is -2.22. The predicted octanol–water partition coefficient (Wildman–Crippen LogP) is 3.66. The third kappa shape index (κ3) is 3.02. The molecule has 0 aromatic carbocycles. The number of imidazole rings is 1. The number of nitrogens with one attached hydrogen (secondary N) is 1. The Kier molecular flexibility index (Phi) is 4.34. The number of fused-ring (bicyclic) bond motifs is 1. The van der Waals surface area contributed by atoms with Gasteiger partial charge in [0.25, 0.3) is 5.91 Å². The summed E-state index contributed by atoms with van der Waals surface area (Å²) in [6.07, 6.45) is 5.79. The van der Waals surface area contributed by atoms with Crippen molar-refractivity contribution in [3.05, 3.63) is 59.6 Å². The summed E-state index contributed by atoms with van der Waals surface area (Å²) in [7, 11) is 0. The van der Waals surface area contributed by atoms with Gasteiger partial charge in [-0.1, -0.05) is 24.3 Å². The quantitative estimate of drug-likeness (QED) is 0.692. The molecule has 3 rings (SSSR count). The second-order valence-corrected chi connectivity index (χ2v) is 6.34. The molecular formula is C19H22N4O. The molecule has 0 saturated carbocycles. The Morgan fingerprint density at radius 2 is 2.21 bits per heavy atom. The molecule has 1 aliphatic carbocycles. The fourth-order valence-corrected chi connectivity index (χ4v) is 2.98. The van der Waals surface area contributed by atoms with E-state index in [-0.39, 0.29) is 5.91 Å². The Hall–Kier alpha value is -2.69. The molecule has 2 aromatic heterocycles. The molecule has 0 saturated heterocycles. The molecule has 0 spiro atoms. The maximum absolute atomic E-state index is 12.6. The first-order valence-corrected chi connectivity index (χ1v) is 8.10. The van der Waals surface area contributed by atoms with Crippen LogP contribution in [0.25, 0.3) is 5.65 Å². The summed E-state index contributed by atoms with van der Waals surface area (Å²) in [5, 5.41) is 4.37. The van der Waals surface area contributed by atoms with Crippen LogP contribution in [0.2, 0.25) is 0 Å². The summed E-state index contributed by atoms with van der Waals surface area (Å²) >= 11 is 0. The zero-order valence-electron chi connectivity index (χ0n) is 14.3. The highest BCUT2D eigenvalue weighted by atomic mass is 16.2. The van der Waals surface area contributed by atoms with E-state index < -0.39 is 0 Å². The first kappa shape index (κ1) is 16.2. The van der Waals surface area contributed by atoms with Crippen LogP contribution in [0.3, 0.4) is 0 Å². The lowest BCUT2D eigenvalue weighted by atomic mass is 9.85. The van der Waals surface area contributed by atoms with Gasteiger partial charge in [-0.15, -0.1) is 0 Å². The van der Waals surface area contributed by atoms with Gasteiger partial charge < -0.3 is 0 Å². The molecule has 5 heteroatoms. The minimum absolute atomic E-state index is 0.246. The number of allylic oxidation sites excluding steroid dienone is 3. The number of amides is 1. The highest BCUT2D eigenvalue weighted by Gasteiger charge is 2.20. The Labute approximate surface area is 141 Å². The van der Waals surface area contributed by atoms with Crippen molar-refractivity contribution < 1.29 is 4.79 Å². The fraction of sp³-hybridized carbons (Fsp3) is 0.316. The van der Waals surface area contributed by atoms with Crippen molar-refractivity contribution in [2.75, 3.05) is 0 Å². The van der Waals surface area contributed by atoms with Gasteiger partial charge >= 0.3 is 0 Å². The zero-order chi connectivity index (χ0) is 17.3. The largest absolute Gasteiger partial charge is 0.295 e. The van der Waals surface area contributed by atoms with Crippen molar-refractivity contribution in [1.82, 2.24) is 14.8 Å². The molecule has 5 nitrogen and oxygen atoms in total. The Balaban J connectivity index is 1.84. The van der Waals surface area contributed by atoms with Crippen LogP contribution in [-0.4, -0.2) is 21.0 Å². The van der Waals surface area contributed by atoms with Crippen LogP contribution in [0.5, 0.6) is 0 Å². The number of rotatable bonds is 3. The van der Waals surface area contributed by atoms with Crippen molar-refractivity contribution >= 4 is 17.3 Å². The van der Waals surface area contributed by atoms with Crippen LogP contribution in [0.1, 0.15) is 42.9 Å².